The number of hydrogen-bond acceptors (Lipinski definition) is 4. The van der Waals surface area contributed by atoms with Gasteiger partial charge >= 0.3 is 5.97 Å². The molecule has 2 unspecified atom stereocenters. The Hall–Kier alpha value is -1.46. The van der Waals surface area contributed by atoms with Crippen LogP contribution >= 0.6 is 0 Å². The number of carbonyl (C=O) groups excluding carboxylic acids is 1. The standard InChI is InChI=1S/C16H22FNO3/c1-11(19)12-7-9-18(10-8-12)15(16(20)21-2)13-3-5-14(17)6-4-13/h3-6,11-12,15,19H,7-10H2,1-2H3. The van der Waals surface area contributed by atoms with Crippen LogP contribution in [0, 0.1) is 11.7 Å². The lowest BCUT2D eigenvalue weighted by Gasteiger charge is -2.37. The number of methoxy groups -OCH3 is 1. The maximum absolute atomic E-state index is 13.1. The number of nitrogens with zero attached hydrogens (tertiary/aromatic N) is 1. The Morgan fingerprint density at radius 2 is 1.90 bits per heavy atom. The molecule has 1 N–H and O–H groups in total. The number of rotatable bonds is 4. The molecule has 1 saturated heterocycles. The van der Waals surface area contributed by atoms with E-state index in [0.717, 1.165) is 18.4 Å². The fraction of sp³-hybridized carbons (Fsp3) is 0.562. The third-order valence-corrected chi connectivity index (χ3v) is 4.23. The number of esters is 1. The summed E-state index contributed by atoms with van der Waals surface area (Å²) in [5, 5.41) is 9.65. The Kier molecular flexibility index (Phi) is 5.31. The quantitative estimate of drug-likeness (QED) is 0.865. The summed E-state index contributed by atoms with van der Waals surface area (Å²) in [6.45, 7) is 3.23. The molecule has 4 nitrogen and oxygen atoms in total. The van der Waals surface area contributed by atoms with E-state index in [0.29, 0.717) is 13.1 Å². The van der Waals surface area contributed by atoms with Gasteiger partial charge in [-0.15, -0.1) is 0 Å². The molecule has 0 saturated carbocycles. The molecule has 2 rings (SSSR count). The second kappa shape index (κ2) is 7.00. The van der Waals surface area contributed by atoms with Crippen molar-refractivity contribution in [2.24, 2.45) is 5.92 Å². The normalized spacial score (nSPS) is 20.0. The van der Waals surface area contributed by atoms with Gasteiger partial charge in [0, 0.05) is 0 Å². The van der Waals surface area contributed by atoms with E-state index in [9.17, 15) is 14.3 Å². The first-order valence-electron chi connectivity index (χ1n) is 7.28. The van der Waals surface area contributed by atoms with Crippen molar-refractivity contribution < 1.29 is 19.0 Å². The highest BCUT2D eigenvalue weighted by molar-refractivity contribution is 5.77. The van der Waals surface area contributed by atoms with Gasteiger partial charge in [0.05, 0.1) is 13.2 Å². The summed E-state index contributed by atoms with van der Waals surface area (Å²) in [4.78, 5) is 14.1. The molecule has 116 valence electrons. The lowest BCUT2D eigenvalue weighted by Crippen LogP contribution is -2.42. The Bertz CT molecular complexity index is 467. The van der Waals surface area contributed by atoms with E-state index in [4.69, 9.17) is 4.74 Å². The molecule has 0 bridgehead atoms. The number of carbonyl (C=O) groups is 1. The molecule has 1 aliphatic rings. The van der Waals surface area contributed by atoms with Gasteiger partial charge in [-0.3, -0.25) is 4.90 Å². The zero-order chi connectivity index (χ0) is 15.4. The number of benzene rings is 1. The fourth-order valence-electron chi connectivity index (χ4n) is 2.91. The van der Waals surface area contributed by atoms with Crippen LogP contribution in [-0.4, -0.2) is 42.3 Å². The molecule has 1 heterocycles. The van der Waals surface area contributed by atoms with Crippen molar-refractivity contribution in [3.05, 3.63) is 35.6 Å². The molecule has 0 aliphatic carbocycles. The van der Waals surface area contributed by atoms with E-state index in [1.54, 1.807) is 19.1 Å². The Balaban J connectivity index is 2.14. The Morgan fingerprint density at radius 3 is 2.38 bits per heavy atom. The smallest absolute Gasteiger partial charge is 0.327 e. The van der Waals surface area contributed by atoms with Gasteiger partial charge in [-0.2, -0.15) is 0 Å². The molecule has 21 heavy (non-hydrogen) atoms. The molecule has 1 aromatic rings. The second-order valence-electron chi connectivity index (χ2n) is 5.59. The molecule has 0 aromatic heterocycles. The van der Waals surface area contributed by atoms with Crippen molar-refractivity contribution in [1.82, 2.24) is 4.90 Å². The summed E-state index contributed by atoms with van der Waals surface area (Å²) < 4.78 is 18.0. The fourth-order valence-corrected chi connectivity index (χ4v) is 2.91. The van der Waals surface area contributed by atoms with Crippen LogP contribution in [0.4, 0.5) is 4.39 Å². The number of aliphatic hydroxyl groups excluding tert-OH is 1. The van der Waals surface area contributed by atoms with Crippen LogP contribution < -0.4 is 0 Å². The summed E-state index contributed by atoms with van der Waals surface area (Å²) in [5.41, 5.74) is 0.735. The average Bonchev–Trinajstić information content (AvgIpc) is 2.49. The third kappa shape index (κ3) is 3.80. The Morgan fingerprint density at radius 1 is 1.33 bits per heavy atom. The van der Waals surface area contributed by atoms with Crippen LogP contribution in [0.3, 0.4) is 0 Å². The van der Waals surface area contributed by atoms with Gasteiger partial charge in [0.2, 0.25) is 0 Å². The predicted octanol–water partition coefficient (Wildman–Crippen LogP) is 2.13. The summed E-state index contributed by atoms with van der Waals surface area (Å²) in [7, 11) is 1.36. The minimum Gasteiger partial charge on any atom is -0.468 e. The molecule has 1 aliphatic heterocycles. The third-order valence-electron chi connectivity index (χ3n) is 4.23. The van der Waals surface area contributed by atoms with Crippen molar-refractivity contribution in [3.63, 3.8) is 0 Å². The number of aliphatic hydroxyl groups is 1. The zero-order valence-electron chi connectivity index (χ0n) is 12.5. The second-order valence-corrected chi connectivity index (χ2v) is 5.59. The van der Waals surface area contributed by atoms with Gasteiger partial charge in [0.15, 0.2) is 0 Å². The van der Waals surface area contributed by atoms with E-state index >= 15 is 0 Å². The van der Waals surface area contributed by atoms with Crippen LogP contribution in [-0.2, 0) is 9.53 Å². The van der Waals surface area contributed by atoms with Crippen molar-refractivity contribution >= 4 is 5.97 Å². The van der Waals surface area contributed by atoms with E-state index in [1.165, 1.54) is 19.2 Å². The number of piperidine rings is 1. The number of hydrogen-bond donors (Lipinski definition) is 1. The summed E-state index contributed by atoms with van der Waals surface area (Å²) >= 11 is 0. The van der Waals surface area contributed by atoms with Crippen LogP contribution in [0.15, 0.2) is 24.3 Å². The molecule has 0 spiro atoms. The van der Waals surface area contributed by atoms with Crippen LogP contribution in [0.25, 0.3) is 0 Å². The average molecular weight is 295 g/mol. The maximum atomic E-state index is 13.1. The minimum absolute atomic E-state index is 0.271. The van der Waals surface area contributed by atoms with Crippen molar-refractivity contribution in [2.75, 3.05) is 20.2 Å². The van der Waals surface area contributed by atoms with Gasteiger partial charge < -0.3 is 9.84 Å². The highest BCUT2D eigenvalue weighted by Gasteiger charge is 2.32. The van der Waals surface area contributed by atoms with Gasteiger partial charge in [-0.05, 0) is 56.5 Å². The van der Waals surface area contributed by atoms with Gasteiger partial charge in [-0.25, -0.2) is 9.18 Å². The van der Waals surface area contributed by atoms with Crippen molar-refractivity contribution in [1.29, 1.82) is 0 Å². The monoisotopic (exact) mass is 295 g/mol. The maximum Gasteiger partial charge on any atom is 0.327 e. The molecule has 2 atom stereocenters. The first-order valence-corrected chi connectivity index (χ1v) is 7.28. The summed E-state index contributed by atoms with van der Waals surface area (Å²) in [6.07, 6.45) is 1.35. The topological polar surface area (TPSA) is 49.8 Å². The van der Waals surface area contributed by atoms with E-state index in [2.05, 4.69) is 0 Å². The lowest BCUT2D eigenvalue weighted by molar-refractivity contribution is -0.148. The van der Waals surface area contributed by atoms with Crippen LogP contribution in [0.2, 0.25) is 0 Å². The van der Waals surface area contributed by atoms with Gasteiger partial charge in [0.1, 0.15) is 11.9 Å². The molecule has 5 heteroatoms. The first kappa shape index (κ1) is 15.9. The van der Waals surface area contributed by atoms with E-state index < -0.39 is 6.04 Å². The molecular weight excluding hydrogens is 273 g/mol. The molecule has 0 amide bonds. The van der Waals surface area contributed by atoms with Crippen LogP contribution in [0.1, 0.15) is 31.4 Å². The van der Waals surface area contributed by atoms with Gasteiger partial charge in [0.25, 0.3) is 0 Å². The van der Waals surface area contributed by atoms with Crippen molar-refractivity contribution in [3.8, 4) is 0 Å². The minimum atomic E-state index is -0.509. The predicted molar refractivity (Wildman–Crippen MR) is 77.1 cm³/mol. The Labute approximate surface area is 124 Å². The number of halogens is 1. The van der Waals surface area contributed by atoms with Gasteiger partial charge in [-0.1, -0.05) is 12.1 Å². The van der Waals surface area contributed by atoms with E-state index in [1.807, 2.05) is 4.90 Å². The SMILES string of the molecule is COC(=O)C(c1ccc(F)cc1)N1CCC(C(C)O)CC1. The molecule has 0 radical (unpaired) electrons. The largest absolute Gasteiger partial charge is 0.468 e. The van der Waals surface area contributed by atoms with Crippen molar-refractivity contribution in [2.45, 2.75) is 31.9 Å². The van der Waals surface area contributed by atoms with Crippen LogP contribution in [0.5, 0.6) is 0 Å². The zero-order valence-corrected chi connectivity index (χ0v) is 12.5. The molecular formula is C16H22FNO3. The summed E-state index contributed by atoms with van der Waals surface area (Å²) in [6, 6.07) is 5.45. The first-order chi connectivity index (χ1) is 10.0. The number of ether oxygens (including phenoxy) is 1. The summed E-state index contributed by atoms with van der Waals surface area (Å²) in [5.74, 6) is -0.389. The number of likely N-dealkylation sites (tertiary alicyclic amines) is 1. The highest BCUT2D eigenvalue weighted by atomic mass is 19.1. The van der Waals surface area contributed by atoms with E-state index in [-0.39, 0.29) is 23.8 Å². The molecule has 1 aromatic carbocycles. The lowest BCUT2D eigenvalue weighted by atomic mass is 9.90. The molecule has 1 fully saturated rings. The highest BCUT2D eigenvalue weighted by Crippen LogP contribution is 2.29.